The van der Waals surface area contributed by atoms with Crippen molar-refractivity contribution in [2.45, 2.75) is 51.1 Å². The van der Waals surface area contributed by atoms with Gasteiger partial charge >= 0.3 is 0 Å². The first-order valence-corrected chi connectivity index (χ1v) is 5.90. The molecule has 1 saturated heterocycles. The molecule has 3 heteroatoms. The average molecular weight is 200 g/mol. The van der Waals surface area contributed by atoms with Gasteiger partial charge < -0.3 is 10.8 Å². The van der Waals surface area contributed by atoms with Gasteiger partial charge in [-0.25, -0.2) is 0 Å². The normalized spacial score (nSPS) is 27.2. The van der Waals surface area contributed by atoms with Gasteiger partial charge in [-0.3, -0.25) is 4.90 Å². The van der Waals surface area contributed by atoms with Crippen LogP contribution < -0.4 is 5.73 Å². The summed E-state index contributed by atoms with van der Waals surface area (Å²) in [6, 6.07) is 0.816. The Balaban J connectivity index is 2.58. The smallest absolute Gasteiger partial charge is 0.0586 e. The van der Waals surface area contributed by atoms with Crippen LogP contribution in [0.3, 0.4) is 0 Å². The van der Waals surface area contributed by atoms with E-state index < -0.39 is 0 Å². The Morgan fingerprint density at radius 2 is 2.21 bits per heavy atom. The third kappa shape index (κ3) is 2.94. The Morgan fingerprint density at radius 3 is 2.79 bits per heavy atom. The largest absolute Gasteiger partial charge is 0.395 e. The maximum absolute atomic E-state index is 9.34. The zero-order valence-corrected chi connectivity index (χ0v) is 9.28. The van der Waals surface area contributed by atoms with Gasteiger partial charge in [-0.2, -0.15) is 0 Å². The van der Waals surface area contributed by atoms with Crippen LogP contribution in [-0.4, -0.2) is 41.8 Å². The lowest BCUT2D eigenvalue weighted by atomic mass is 10.1. The first-order chi connectivity index (χ1) is 6.83. The quantitative estimate of drug-likeness (QED) is 0.710. The lowest BCUT2D eigenvalue weighted by Gasteiger charge is -2.35. The minimum Gasteiger partial charge on any atom is -0.395 e. The van der Waals surface area contributed by atoms with E-state index in [1.54, 1.807) is 0 Å². The van der Waals surface area contributed by atoms with Crippen molar-refractivity contribution in [3.8, 4) is 0 Å². The van der Waals surface area contributed by atoms with Crippen molar-refractivity contribution in [3.05, 3.63) is 0 Å². The molecule has 3 nitrogen and oxygen atoms in total. The second-order valence-corrected chi connectivity index (χ2v) is 4.22. The summed E-state index contributed by atoms with van der Waals surface area (Å²) in [7, 11) is 0. The number of rotatable bonds is 4. The van der Waals surface area contributed by atoms with Crippen LogP contribution in [-0.2, 0) is 0 Å². The minimum absolute atomic E-state index is 0.288. The van der Waals surface area contributed by atoms with Gasteiger partial charge in [-0.1, -0.05) is 19.8 Å². The van der Waals surface area contributed by atoms with Crippen LogP contribution in [0.25, 0.3) is 0 Å². The molecule has 3 N–H and O–H groups in total. The molecule has 0 saturated carbocycles. The topological polar surface area (TPSA) is 49.5 Å². The molecule has 1 rings (SSSR count). The zero-order chi connectivity index (χ0) is 10.4. The average Bonchev–Trinajstić information content (AvgIpc) is 2.45. The fourth-order valence-corrected chi connectivity index (χ4v) is 2.41. The molecule has 1 fully saturated rings. The van der Waals surface area contributed by atoms with E-state index in [1.807, 2.05) is 0 Å². The van der Waals surface area contributed by atoms with Gasteiger partial charge in [0.1, 0.15) is 0 Å². The van der Waals surface area contributed by atoms with E-state index in [4.69, 9.17) is 5.73 Å². The van der Waals surface area contributed by atoms with E-state index in [1.165, 1.54) is 19.3 Å². The number of nitrogens with zero attached hydrogens (tertiary/aromatic N) is 1. The number of aliphatic hydroxyl groups excluding tert-OH is 1. The Bertz CT molecular complexity index is 148. The predicted molar refractivity (Wildman–Crippen MR) is 59.2 cm³/mol. The van der Waals surface area contributed by atoms with Crippen molar-refractivity contribution in [2.75, 3.05) is 19.7 Å². The monoisotopic (exact) mass is 200 g/mol. The van der Waals surface area contributed by atoms with Crippen molar-refractivity contribution in [1.82, 2.24) is 4.90 Å². The molecule has 84 valence electrons. The maximum atomic E-state index is 9.34. The molecule has 0 aromatic carbocycles. The number of likely N-dealkylation sites (tertiary alicyclic amines) is 1. The van der Waals surface area contributed by atoms with Gasteiger partial charge in [0.15, 0.2) is 0 Å². The molecule has 14 heavy (non-hydrogen) atoms. The van der Waals surface area contributed by atoms with E-state index in [0.717, 1.165) is 19.4 Å². The summed E-state index contributed by atoms with van der Waals surface area (Å²) in [6.07, 6.45) is 6.03. The maximum Gasteiger partial charge on any atom is 0.0586 e. The van der Waals surface area contributed by atoms with E-state index in [9.17, 15) is 5.11 Å². The summed E-state index contributed by atoms with van der Waals surface area (Å²) in [5.41, 5.74) is 5.76. The van der Waals surface area contributed by atoms with E-state index in [2.05, 4.69) is 11.8 Å². The highest BCUT2D eigenvalue weighted by Gasteiger charge is 2.25. The molecule has 2 atom stereocenters. The van der Waals surface area contributed by atoms with Gasteiger partial charge in [0, 0.05) is 18.6 Å². The van der Waals surface area contributed by atoms with Gasteiger partial charge in [0.2, 0.25) is 0 Å². The Labute approximate surface area is 87.3 Å². The number of hydrogen-bond donors (Lipinski definition) is 2. The molecule has 0 aromatic rings. The van der Waals surface area contributed by atoms with Crippen molar-refractivity contribution in [3.63, 3.8) is 0 Å². The lowest BCUT2D eigenvalue weighted by molar-refractivity contribution is 0.0855. The second kappa shape index (κ2) is 6.38. The highest BCUT2D eigenvalue weighted by atomic mass is 16.3. The highest BCUT2D eigenvalue weighted by Crippen LogP contribution is 2.19. The molecule has 0 aromatic heterocycles. The fourth-order valence-electron chi connectivity index (χ4n) is 2.41. The molecule has 1 aliphatic heterocycles. The third-order valence-corrected chi connectivity index (χ3v) is 3.35. The molecular formula is C11H24N2O. The third-order valence-electron chi connectivity index (χ3n) is 3.35. The van der Waals surface area contributed by atoms with Crippen LogP contribution in [0.4, 0.5) is 0 Å². The van der Waals surface area contributed by atoms with Crippen LogP contribution in [0, 0.1) is 0 Å². The Morgan fingerprint density at radius 1 is 1.43 bits per heavy atom. The Kier molecular flexibility index (Phi) is 5.45. The predicted octanol–water partition coefficient (Wildman–Crippen LogP) is 0.961. The molecular weight excluding hydrogens is 176 g/mol. The fraction of sp³-hybridized carbons (Fsp3) is 1.00. The summed E-state index contributed by atoms with van der Waals surface area (Å²) in [4.78, 5) is 2.42. The van der Waals surface area contributed by atoms with E-state index in [0.29, 0.717) is 18.6 Å². The summed E-state index contributed by atoms with van der Waals surface area (Å²) in [6.45, 7) is 4.29. The van der Waals surface area contributed by atoms with Gasteiger partial charge in [-0.15, -0.1) is 0 Å². The summed E-state index contributed by atoms with van der Waals surface area (Å²) >= 11 is 0. The molecule has 1 heterocycles. The molecule has 1 aliphatic rings. The summed E-state index contributed by atoms with van der Waals surface area (Å²) < 4.78 is 0. The standard InChI is InChI=1S/C11H24N2O/c1-2-10(8-12)13-7-5-3-4-6-11(13)9-14/h10-11,14H,2-9,12H2,1H3. The number of nitrogens with two attached hydrogens (primary N) is 1. The van der Waals surface area contributed by atoms with Crippen LogP contribution in [0.1, 0.15) is 39.0 Å². The van der Waals surface area contributed by atoms with Gasteiger partial charge in [0.05, 0.1) is 6.61 Å². The van der Waals surface area contributed by atoms with Crippen LogP contribution >= 0.6 is 0 Å². The summed E-state index contributed by atoms with van der Waals surface area (Å²) in [5, 5.41) is 9.34. The summed E-state index contributed by atoms with van der Waals surface area (Å²) in [5.74, 6) is 0. The molecule has 0 amide bonds. The van der Waals surface area contributed by atoms with Crippen molar-refractivity contribution < 1.29 is 5.11 Å². The van der Waals surface area contributed by atoms with Crippen molar-refractivity contribution >= 4 is 0 Å². The first-order valence-electron chi connectivity index (χ1n) is 5.90. The lowest BCUT2D eigenvalue weighted by Crippen LogP contribution is -2.47. The molecule has 0 radical (unpaired) electrons. The van der Waals surface area contributed by atoms with Crippen LogP contribution in [0.2, 0.25) is 0 Å². The van der Waals surface area contributed by atoms with Gasteiger partial charge in [0.25, 0.3) is 0 Å². The molecule has 0 bridgehead atoms. The molecule has 0 spiro atoms. The first kappa shape index (κ1) is 12.0. The second-order valence-electron chi connectivity index (χ2n) is 4.22. The van der Waals surface area contributed by atoms with Crippen molar-refractivity contribution in [1.29, 1.82) is 0 Å². The number of aliphatic hydroxyl groups is 1. The van der Waals surface area contributed by atoms with Gasteiger partial charge in [-0.05, 0) is 25.8 Å². The Hall–Kier alpha value is -0.120. The molecule has 0 aliphatic carbocycles. The van der Waals surface area contributed by atoms with Crippen molar-refractivity contribution in [2.24, 2.45) is 5.73 Å². The number of hydrogen-bond acceptors (Lipinski definition) is 3. The van der Waals surface area contributed by atoms with Crippen LogP contribution in [0.5, 0.6) is 0 Å². The SMILES string of the molecule is CCC(CN)N1CCCCCC1CO. The van der Waals surface area contributed by atoms with E-state index in [-0.39, 0.29) is 6.61 Å². The zero-order valence-electron chi connectivity index (χ0n) is 9.28. The minimum atomic E-state index is 0.288. The molecule has 2 unspecified atom stereocenters. The van der Waals surface area contributed by atoms with E-state index >= 15 is 0 Å². The highest BCUT2D eigenvalue weighted by molar-refractivity contribution is 4.81. The van der Waals surface area contributed by atoms with Crippen LogP contribution in [0.15, 0.2) is 0 Å².